The standard InChI is InChI=1S/2C18H16O7/c2*1-22-13-6-9(4-5-10(13)19)12-7-11(20)16-14(25-12)8-15(23-2)18(24-3)17(16)21/h2*4-8,19,21H,1-3H3. The van der Waals surface area contributed by atoms with Gasteiger partial charge in [0.25, 0.3) is 0 Å². The van der Waals surface area contributed by atoms with E-state index in [4.69, 9.17) is 37.3 Å². The van der Waals surface area contributed by atoms with Crippen LogP contribution >= 0.6 is 0 Å². The summed E-state index contributed by atoms with van der Waals surface area (Å²) in [6.07, 6.45) is 0. The molecule has 0 saturated heterocycles. The number of methoxy groups -OCH3 is 6. The predicted octanol–water partition coefficient (Wildman–Crippen LogP) is 5.79. The Hall–Kier alpha value is -6.70. The third-order valence-electron chi connectivity index (χ3n) is 7.60. The summed E-state index contributed by atoms with van der Waals surface area (Å²) in [5, 5.41) is 40.0. The van der Waals surface area contributed by atoms with Crippen molar-refractivity contribution in [2.45, 2.75) is 0 Å². The van der Waals surface area contributed by atoms with Crippen LogP contribution in [0.2, 0.25) is 0 Å². The van der Waals surface area contributed by atoms with Crippen LogP contribution in [0.25, 0.3) is 44.6 Å². The fraction of sp³-hybridized carbons (Fsp3) is 0.167. The van der Waals surface area contributed by atoms with Gasteiger partial charge in [-0.05, 0) is 36.4 Å². The highest BCUT2D eigenvalue weighted by Crippen LogP contribution is 2.44. The SMILES string of the molecule is COc1cc(-c2cc(=O)c3c(O)c(OC)c(OC)cc3o2)ccc1O.COc1cc(-c2cc(=O)c3c(O)c(OC)c(OC)cc3o2)ccc1O. The minimum absolute atomic E-state index is 0.00727. The number of benzene rings is 4. The van der Waals surface area contributed by atoms with Crippen molar-refractivity contribution >= 4 is 21.9 Å². The first-order valence-electron chi connectivity index (χ1n) is 14.6. The van der Waals surface area contributed by atoms with Crippen LogP contribution in [0.15, 0.2) is 79.1 Å². The van der Waals surface area contributed by atoms with E-state index in [1.54, 1.807) is 24.3 Å². The molecule has 2 aromatic heterocycles. The zero-order valence-electron chi connectivity index (χ0n) is 27.6. The summed E-state index contributed by atoms with van der Waals surface area (Å²) in [6, 6.07) is 14.6. The lowest BCUT2D eigenvalue weighted by Gasteiger charge is -2.12. The minimum Gasteiger partial charge on any atom is -0.504 e. The molecular weight excluding hydrogens is 656 g/mol. The molecule has 0 aliphatic carbocycles. The van der Waals surface area contributed by atoms with Crippen molar-refractivity contribution in [3.63, 3.8) is 0 Å². The number of fused-ring (bicyclic) bond motifs is 2. The van der Waals surface area contributed by atoms with Crippen LogP contribution in [0, 0.1) is 0 Å². The maximum absolute atomic E-state index is 12.5. The molecule has 4 aromatic carbocycles. The molecule has 14 nitrogen and oxygen atoms in total. The summed E-state index contributed by atoms with van der Waals surface area (Å²) < 4.78 is 42.1. The first-order chi connectivity index (χ1) is 24.0. The van der Waals surface area contributed by atoms with E-state index in [0.29, 0.717) is 11.1 Å². The van der Waals surface area contributed by atoms with Crippen LogP contribution in [0.3, 0.4) is 0 Å². The lowest BCUT2D eigenvalue weighted by atomic mass is 10.1. The maximum Gasteiger partial charge on any atom is 0.204 e. The van der Waals surface area contributed by atoms with Gasteiger partial charge in [0.05, 0.1) is 42.7 Å². The molecule has 0 fully saturated rings. The summed E-state index contributed by atoms with van der Waals surface area (Å²) in [5.41, 5.74) is 0.462. The molecule has 0 aliphatic heterocycles. The van der Waals surface area contributed by atoms with Gasteiger partial charge in [-0.25, -0.2) is 0 Å². The van der Waals surface area contributed by atoms with Gasteiger partial charge in [-0.1, -0.05) is 0 Å². The second-order valence-electron chi connectivity index (χ2n) is 10.4. The molecule has 0 spiro atoms. The summed E-state index contributed by atoms with van der Waals surface area (Å²) in [4.78, 5) is 25.0. The van der Waals surface area contributed by atoms with Gasteiger partial charge in [0.1, 0.15) is 33.5 Å². The molecule has 6 aromatic rings. The van der Waals surface area contributed by atoms with E-state index < -0.39 is 10.9 Å². The molecule has 0 unspecified atom stereocenters. The number of rotatable bonds is 8. The fourth-order valence-corrected chi connectivity index (χ4v) is 5.17. The average molecular weight is 689 g/mol. The van der Waals surface area contributed by atoms with Crippen LogP contribution in [0.5, 0.6) is 57.5 Å². The third-order valence-corrected chi connectivity index (χ3v) is 7.60. The number of aromatic hydroxyl groups is 4. The highest BCUT2D eigenvalue weighted by molar-refractivity contribution is 5.90. The van der Waals surface area contributed by atoms with E-state index in [2.05, 4.69) is 0 Å². The van der Waals surface area contributed by atoms with Gasteiger partial charge < -0.3 is 57.7 Å². The van der Waals surface area contributed by atoms with Crippen LogP contribution in [0.1, 0.15) is 0 Å². The molecule has 50 heavy (non-hydrogen) atoms. The van der Waals surface area contributed by atoms with E-state index >= 15 is 0 Å². The van der Waals surface area contributed by atoms with Crippen molar-refractivity contribution in [1.29, 1.82) is 0 Å². The van der Waals surface area contributed by atoms with Crippen molar-refractivity contribution in [3.8, 4) is 80.1 Å². The van der Waals surface area contributed by atoms with Crippen molar-refractivity contribution in [1.82, 2.24) is 0 Å². The van der Waals surface area contributed by atoms with Crippen molar-refractivity contribution in [2.24, 2.45) is 0 Å². The third kappa shape index (κ3) is 6.29. The minimum atomic E-state index is -0.443. The molecule has 260 valence electrons. The highest BCUT2D eigenvalue weighted by Gasteiger charge is 2.21. The lowest BCUT2D eigenvalue weighted by Crippen LogP contribution is -2.03. The zero-order chi connectivity index (χ0) is 36.3. The van der Waals surface area contributed by atoms with Gasteiger partial charge in [0.2, 0.25) is 11.5 Å². The molecule has 0 atom stereocenters. The van der Waals surface area contributed by atoms with Crippen LogP contribution in [0.4, 0.5) is 0 Å². The largest absolute Gasteiger partial charge is 0.504 e. The molecule has 14 heteroatoms. The molecule has 0 bridgehead atoms. The van der Waals surface area contributed by atoms with Gasteiger partial charge in [-0.3, -0.25) is 9.59 Å². The number of ether oxygens (including phenoxy) is 6. The molecular formula is C36H32O14. The normalized spacial score (nSPS) is 10.7. The fourth-order valence-electron chi connectivity index (χ4n) is 5.17. The molecule has 4 N–H and O–H groups in total. The Kier molecular flexibility index (Phi) is 9.83. The first kappa shape index (κ1) is 34.6. The number of hydrogen-bond acceptors (Lipinski definition) is 14. The Bertz CT molecular complexity index is 2170. The Balaban J connectivity index is 0.000000194. The Morgan fingerprint density at radius 3 is 1.14 bits per heavy atom. The molecule has 0 saturated carbocycles. The molecule has 0 amide bonds. The van der Waals surface area contributed by atoms with Gasteiger partial charge in [-0.15, -0.1) is 0 Å². The average Bonchev–Trinajstić information content (AvgIpc) is 3.11. The maximum atomic E-state index is 12.5. The first-order valence-corrected chi connectivity index (χ1v) is 14.6. The van der Waals surface area contributed by atoms with Gasteiger partial charge in [-0.2, -0.15) is 0 Å². The molecule has 0 radical (unpaired) electrons. The lowest BCUT2D eigenvalue weighted by molar-refractivity contribution is 0.334. The summed E-state index contributed by atoms with van der Waals surface area (Å²) in [5.74, 6) is 0.822. The van der Waals surface area contributed by atoms with Gasteiger partial charge in [0, 0.05) is 35.4 Å². The van der Waals surface area contributed by atoms with Gasteiger partial charge in [0.15, 0.2) is 56.9 Å². The van der Waals surface area contributed by atoms with Crippen LogP contribution in [-0.4, -0.2) is 63.1 Å². The smallest absolute Gasteiger partial charge is 0.204 e. The topological polar surface area (TPSA) is 197 Å². The quantitative estimate of drug-likeness (QED) is 0.150. The Morgan fingerprint density at radius 1 is 0.460 bits per heavy atom. The monoisotopic (exact) mass is 688 g/mol. The van der Waals surface area contributed by atoms with Crippen LogP contribution in [-0.2, 0) is 0 Å². The van der Waals surface area contributed by atoms with E-state index in [1.807, 2.05) is 0 Å². The summed E-state index contributed by atoms with van der Waals surface area (Å²) in [6.45, 7) is 0. The predicted molar refractivity (Wildman–Crippen MR) is 182 cm³/mol. The summed E-state index contributed by atoms with van der Waals surface area (Å²) >= 11 is 0. The highest BCUT2D eigenvalue weighted by atomic mass is 16.5. The number of hydrogen-bond donors (Lipinski definition) is 4. The second kappa shape index (κ2) is 14.2. The van der Waals surface area contributed by atoms with E-state index in [0.717, 1.165) is 0 Å². The van der Waals surface area contributed by atoms with Gasteiger partial charge >= 0.3 is 0 Å². The Morgan fingerprint density at radius 2 is 0.820 bits per heavy atom. The van der Waals surface area contributed by atoms with Crippen LogP contribution < -0.4 is 39.3 Å². The van der Waals surface area contributed by atoms with Crippen molar-refractivity contribution in [2.75, 3.05) is 42.7 Å². The summed E-state index contributed by atoms with van der Waals surface area (Å²) in [7, 11) is 8.39. The Labute approximate surface area is 283 Å². The molecule has 2 heterocycles. The van der Waals surface area contributed by atoms with Crippen molar-refractivity contribution in [3.05, 3.63) is 81.1 Å². The second-order valence-corrected chi connectivity index (χ2v) is 10.4. The number of phenols is 4. The molecule has 0 aliphatic rings. The molecule has 6 rings (SSSR count). The van der Waals surface area contributed by atoms with E-state index in [1.165, 1.54) is 79.1 Å². The van der Waals surface area contributed by atoms with Crippen molar-refractivity contribution < 1.29 is 57.7 Å². The van der Waals surface area contributed by atoms with E-state index in [-0.39, 0.29) is 91.0 Å². The van der Waals surface area contributed by atoms with E-state index in [9.17, 15) is 30.0 Å². The zero-order valence-corrected chi connectivity index (χ0v) is 27.6. The number of phenolic OH excluding ortho intramolecular Hbond substituents is 4.